The summed E-state index contributed by atoms with van der Waals surface area (Å²) in [7, 11) is -4.67. The van der Waals surface area contributed by atoms with Crippen LogP contribution in [-0.2, 0) is 24.7 Å². The fraction of sp³-hybridized carbons (Fsp3) is 0.429. The predicted molar refractivity (Wildman–Crippen MR) is 53.3 cm³/mol. The third kappa shape index (κ3) is 38.6. The van der Waals surface area contributed by atoms with Gasteiger partial charge in [-0.3, -0.25) is 18.7 Å². The normalized spacial score (nSPS) is 9.06. The number of carboxylic acids is 1. The first-order chi connectivity index (χ1) is 7.16. The molecule has 0 rings (SSSR count). The van der Waals surface area contributed by atoms with Gasteiger partial charge < -0.3 is 11.3 Å². The maximum atomic E-state index is 10.6. The summed E-state index contributed by atoms with van der Waals surface area (Å²) in [6.45, 7) is 3.47. The number of hydrogen-bond acceptors (Lipinski definition) is 5. The molecule has 0 heterocycles. The van der Waals surface area contributed by atoms with Gasteiger partial charge >= 0.3 is 73.7 Å². The van der Waals surface area contributed by atoms with Gasteiger partial charge in [0.2, 0.25) is 0 Å². The third-order valence-corrected chi connectivity index (χ3v) is 0.905. The number of carbonyl (C=O) groups excluding carboxylic acids is 1. The molecule has 0 aliphatic heterocycles. The van der Waals surface area contributed by atoms with Gasteiger partial charge in [-0.1, -0.05) is 12.7 Å². The van der Waals surface area contributed by atoms with Gasteiger partial charge in [-0.15, -0.1) is 0 Å². The Morgan fingerprint density at radius 2 is 1.71 bits per heavy atom. The predicted octanol–water partition coefficient (Wildman–Crippen LogP) is -2.96. The topological polar surface area (TPSA) is 138 Å². The van der Waals surface area contributed by atoms with E-state index in [1.165, 1.54) is 6.08 Å². The maximum absolute atomic E-state index is 10.6. The first kappa shape index (κ1) is 22.4. The van der Waals surface area contributed by atoms with Crippen molar-refractivity contribution in [3.63, 3.8) is 0 Å². The van der Waals surface area contributed by atoms with Gasteiger partial charge in [0.05, 0.1) is 12.8 Å². The summed E-state index contributed by atoms with van der Waals surface area (Å²) in [5, 5.41) is 8.16. The summed E-state index contributed by atoms with van der Waals surface area (Å²) in [5.74, 6) is -1.51. The zero-order valence-corrected chi connectivity index (χ0v) is 13.1. The average Bonchev–Trinajstić information content (AvgIpc) is 2.08. The van der Waals surface area contributed by atoms with Crippen LogP contribution in [0, 0.1) is 0 Å². The zero-order valence-electron chi connectivity index (χ0n) is 10.2. The Labute approximate surface area is 143 Å². The largest absolute Gasteiger partial charge is 1.00 e. The molecule has 0 atom stereocenters. The number of hydrogen-bond donors (Lipinski definition) is 3. The summed E-state index contributed by atoms with van der Waals surface area (Å²) >= 11 is 0. The SMILES string of the molecule is C=CCOC(=O)CCC(=O)O.O=S(=O)(O)O.[H-].[K+]. The molecule has 0 saturated carbocycles. The van der Waals surface area contributed by atoms with E-state index in [1.807, 2.05) is 0 Å². The van der Waals surface area contributed by atoms with E-state index in [2.05, 4.69) is 11.3 Å². The molecule has 96 valence electrons. The second-order valence-corrected chi connectivity index (χ2v) is 3.21. The van der Waals surface area contributed by atoms with E-state index in [0.717, 1.165) is 0 Å². The maximum Gasteiger partial charge on any atom is 1.00 e. The van der Waals surface area contributed by atoms with E-state index in [4.69, 9.17) is 22.6 Å². The van der Waals surface area contributed by atoms with Gasteiger partial charge in [0.15, 0.2) is 0 Å². The number of ether oxygens (including phenoxy) is 1. The van der Waals surface area contributed by atoms with Gasteiger partial charge in [0.25, 0.3) is 0 Å². The molecule has 8 nitrogen and oxygen atoms in total. The summed E-state index contributed by atoms with van der Waals surface area (Å²) in [5.41, 5.74) is 0. The zero-order chi connectivity index (χ0) is 13.2. The third-order valence-electron chi connectivity index (χ3n) is 0.905. The minimum absolute atomic E-state index is 0. The second-order valence-electron chi connectivity index (χ2n) is 2.31. The Hall–Kier alpha value is 0.186. The monoisotopic (exact) mass is 296 g/mol. The Bertz CT molecular complexity index is 333. The molecule has 0 fully saturated rings. The van der Waals surface area contributed by atoms with Gasteiger partial charge in [-0.25, -0.2) is 0 Å². The molecular weight excluding hydrogens is 283 g/mol. The molecule has 0 aromatic rings. The van der Waals surface area contributed by atoms with Crippen LogP contribution in [0.1, 0.15) is 14.3 Å². The van der Waals surface area contributed by atoms with Crippen molar-refractivity contribution < 1.29 is 89.8 Å². The van der Waals surface area contributed by atoms with Crippen molar-refractivity contribution >= 4 is 22.3 Å². The van der Waals surface area contributed by atoms with Crippen molar-refractivity contribution in [2.75, 3.05) is 6.61 Å². The van der Waals surface area contributed by atoms with Crippen molar-refractivity contribution in [1.29, 1.82) is 0 Å². The first-order valence-corrected chi connectivity index (χ1v) is 5.24. The van der Waals surface area contributed by atoms with E-state index in [0.29, 0.717) is 0 Å². The van der Waals surface area contributed by atoms with Crippen molar-refractivity contribution in [3.8, 4) is 0 Å². The molecule has 0 aromatic carbocycles. The Balaban J connectivity index is -0.000000122. The fourth-order valence-electron chi connectivity index (χ4n) is 0.433. The molecule has 0 bridgehead atoms. The summed E-state index contributed by atoms with van der Waals surface area (Å²) in [4.78, 5) is 20.5. The van der Waals surface area contributed by atoms with E-state index < -0.39 is 22.3 Å². The van der Waals surface area contributed by atoms with E-state index >= 15 is 0 Å². The number of carboxylic acid groups (broad SMARTS) is 1. The van der Waals surface area contributed by atoms with Gasteiger partial charge in [-0.2, -0.15) is 8.42 Å². The fourth-order valence-corrected chi connectivity index (χ4v) is 0.433. The standard InChI is InChI=1S/C7H10O4.K.H2O4S.H/c1-2-5-11-7(10)4-3-6(8)9;;1-5(2,3)4;/h2H,1,3-5H2,(H,8,9);;(H2,1,2,3,4);/q;+1;;-1. The van der Waals surface area contributed by atoms with Gasteiger partial charge in [0, 0.05) is 0 Å². The van der Waals surface area contributed by atoms with E-state index in [9.17, 15) is 9.59 Å². The molecule has 0 radical (unpaired) electrons. The molecule has 3 N–H and O–H groups in total. The summed E-state index contributed by atoms with van der Waals surface area (Å²) < 4.78 is 36.1. The second kappa shape index (κ2) is 12.6. The first-order valence-electron chi connectivity index (χ1n) is 3.85. The van der Waals surface area contributed by atoms with Crippen molar-refractivity contribution in [2.24, 2.45) is 0 Å². The Kier molecular flexibility index (Phi) is 16.6. The minimum atomic E-state index is -4.67. The molecular formula is C7H13KO8S. The quantitative estimate of drug-likeness (QED) is 0.212. The summed E-state index contributed by atoms with van der Waals surface area (Å²) in [6, 6.07) is 0. The van der Waals surface area contributed by atoms with Crippen LogP contribution in [0.25, 0.3) is 0 Å². The number of carbonyl (C=O) groups is 2. The van der Waals surface area contributed by atoms with Crippen molar-refractivity contribution in [1.82, 2.24) is 0 Å². The van der Waals surface area contributed by atoms with Crippen molar-refractivity contribution in [2.45, 2.75) is 12.8 Å². The molecule has 0 aliphatic rings. The van der Waals surface area contributed by atoms with Crippen LogP contribution < -0.4 is 51.4 Å². The van der Waals surface area contributed by atoms with Crippen LogP contribution in [0.3, 0.4) is 0 Å². The van der Waals surface area contributed by atoms with Gasteiger partial charge in [0.1, 0.15) is 6.61 Å². The van der Waals surface area contributed by atoms with Crippen LogP contribution in [0.5, 0.6) is 0 Å². The summed E-state index contributed by atoms with van der Waals surface area (Å²) in [6.07, 6.45) is 1.16. The molecule has 17 heavy (non-hydrogen) atoms. The molecule has 0 aliphatic carbocycles. The van der Waals surface area contributed by atoms with Crippen molar-refractivity contribution in [3.05, 3.63) is 12.7 Å². The average molecular weight is 296 g/mol. The van der Waals surface area contributed by atoms with Gasteiger partial charge in [-0.05, 0) is 0 Å². The van der Waals surface area contributed by atoms with Crippen LogP contribution in [0.4, 0.5) is 0 Å². The smallest absolute Gasteiger partial charge is 1.00 e. The van der Waals surface area contributed by atoms with Crippen LogP contribution in [0.15, 0.2) is 12.7 Å². The molecule has 0 aromatic heterocycles. The molecule has 10 heteroatoms. The van der Waals surface area contributed by atoms with E-state index in [-0.39, 0.29) is 72.3 Å². The number of aliphatic carboxylic acids is 1. The molecule has 0 saturated heterocycles. The number of esters is 1. The number of rotatable bonds is 5. The Morgan fingerprint density at radius 1 is 1.29 bits per heavy atom. The van der Waals surface area contributed by atoms with Crippen LogP contribution in [0.2, 0.25) is 0 Å². The molecule has 0 unspecified atom stereocenters. The van der Waals surface area contributed by atoms with E-state index in [1.54, 1.807) is 0 Å². The molecule has 0 amide bonds. The Morgan fingerprint density at radius 3 is 2.00 bits per heavy atom. The molecule has 0 spiro atoms. The van der Waals surface area contributed by atoms with Crippen LogP contribution >= 0.6 is 0 Å². The minimum Gasteiger partial charge on any atom is -1.00 e. The van der Waals surface area contributed by atoms with Crippen LogP contribution in [-0.4, -0.2) is 41.2 Å².